The highest BCUT2D eigenvalue weighted by Gasteiger charge is 2.25. The third-order valence-corrected chi connectivity index (χ3v) is 3.97. The topological polar surface area (TPSA) is 51.0 Å². The Labute approximate surface area is 105 Å². The SMILES string of the molecule is c1cc2c(cc1-c1nc(C3CCC3)no1)CCN2. The van der Waals surface area contributed by atoms with Crippen molar-refractivity contribution < 1.29 is 4.52 Å². The smallest absolute Gasteiger partial charge is 0.257 e. The predicted octanol–water partition coefficient (Wildman–Crippen LogP) is 2.97. The van der Waals surface area contributed by atoms with Gasteiger partial charge >= 0.3 is 0 Å². The van der Waals surface area contributed by atoms with E-state index in [0.29, 0.717) is 11.8 Å². The van der Waals surface area contributed by atoms with E-state index in [0.717, 1.165) is 24.4 Å². The number of rotatable bonds is 2. The Hall–Kier alpha value is -1.84. The van der Waals surface area contributed by atoms with E-state index in [9.17, 15) is 0 Å². The summed E-state index contributed by atoms with van der Waals surface area (Å²) in [7, 11) is 0. The largest absolute Gasteiger partial charge is 0.384 e. The van der Waals surface area contributed by atoms with E-state index in [1.165, 1.54) is 30.5 Å². The van der Waals surface area contributed by atoms with Gasteiger partial charge in [0.15, 0.2) is 5.82 Å². The number of hydrogen-bond acceptors (Lipinski definition) is 4. The lowest BCUT2D eigenvalue weighted by atomic mass is 9.85. The number of aromatic nitrogens is 2. The minimum atomic E-state index is 0.526. The predicted molar refractivity (Wildman–Crippen MR) is 68.5 cm³/mol. The van der Waals surface area contributed by atoms with Crippen LogP contribution in [0.1, 0.15) is 36.6 Å². The summed E-state index contributed by atoms with van der Waals surface area (Å²) >= 11 is 0. The maximum atomic E-state index is 5.39. The zero-order chi connectivity index (χ0) is 11.9. The molecule has 1 aliphatic heterocycles. The van der Waals surface area contributed by atoms with Crippen molar-refractivity contribution in [2.75, 3.05) is 11.9 Å². The van der Waals surface area contributed by atoms with Gasteiger partial charge in [0.25, 0.3) is 5.89 Å². The van der Waals surface area contributed by atoms with Crippen LogP contribution in [0.2, 0.25) is 0 Å². The van der Waals surface area contributed by atoms with Gasteiger partial charge in [0, 0.05) is 23.7 Å². The van der Waals surface area contributed by atoms with Crippen molar-refractivity contribution in [2.45, 2.75) is 31.6 Å². The van der Waals surface area contributed by atoms with E-state index in [2.05, 4.69) is 33.7 Å². The van der Waals surface area contributed by atoms with Gasteiger partial charge in [-0.2, -0.15) is 4.98 Å². The summed E-state index contributed by atoms with van der Waals surface area (Å²) in [6.45, 7) is 1.02. The first kappa shape index (κ1) is 10.1. The van der Waals surface area contributed by atoms with E-state index in [1.54, 1.807) is 0 Å². The van der Waals surface area contributed by atoms with Gasteiger partial charge in [0.05, 0.1) is 0 Å². The maximum Gasteiger partial charge on any atom is 0.257 e. The average molecular weight is 241 g/mol. The van der Waals surface area contributed by atoms with Crippen molar-refractivity contribution in [1.29, 1.82) is 0 Å². The van der Waals surface area contributed by atoms with Gasteiger partial charge in [0.2, 0.25) is 0 Å². The monoisotopic (exact) mass is 241 g/mol. The Bertz CT molecular complexity index is 586. The molecule has 0 radical (unpaired) electrons. The molecule has 2 aliphatic rings. The van der Waals surface area contributed by atoms with Crippen LogP contribution in [0, 0.1) is 0 Å². The standard InChI is InChI=1S/C14H15N3O/c1-2-9(3-1)13-16-14(18-17-13)11-4-5-12-10(8-11)6-7-15-12/h4-5,8-9,15H,1-3,6-7H2. The summed E-state index contributed by atoms with van der Waals surface area (Å²) in [4.78, 5) is 4.53. The van der Waals surface area contributed by atoms with Crippen molar-refractivity contribution in [2.24, 2.45) is 0 Å². The third-order valence-electron chi connectivity index (χ3n) is 3.97. The highest BCUT2D eigenvalue weighted by Crippen LogP contribution is 2.35. The summed E-state index contributed by atoms with van der Waals surface area (Å²) in [6, 6.07) is 6.31. The first-order valence-electron chi connectivity index (χ1n) is 6.61. The van der Waals surface area contributed by atoms with Gasteiger partial charge in [0.1, 0.15) is 0 Å². The highest BCUT2D eigenvalue weighted by atomic mass is 16.5. The van der Waals surface area contributed by atoms with Crippen LogP contribution < -0.4 is 5.32 Å². The Kier molecular flexibility index (Phi) is 2.15. The van der Waals surface area contributed by atoms with Crippen molar-refractivity contribution in [1.82, 2.24) is 10.1 Å². The molecule has 2 heterocycles. The molecule has 1 fully saturated rings. The molecule has 2 aromatic rings. The van der Waals surface area contributed by atoms with E-state index in [1.807, 2.05) is 0 Å². The number of benzene rings is 1. The van der Waals surface area contributed by atoms with Crippen LogP contribution in [-0.2, 0) is 6.42 Å². The number of hydrogen-bond donors (Lipinski definition) is 1. The van der Waals surface area contributed by atoms with Crippen LogP contribution in [0.15, 0.2) is 22.7 Å². The van der Waals surface area contributed by atoms with E-state index < -0.39 is 0 Å². The van der Waals surface area contributed by atoms with Crippen molar-refractivity contribution in [3.05, 3.63) is 29.6 Å². The fourth-order valence-electron chi connectivity index (χ4n) is 2.62. The van der Waals surface area contributed by atoms with Crippen LogP contribution in [0.5, 0.6) is 0 Å². The summed E-state index contributed by atoms with van der Waals surface area (Å²) in [6.07, 6.45) is 4.77. The molecule has 4 nitrogen and oxygen atoms in total. The first-order chi connectivity index (χ1) is 8.90. The molecule has 92 valence electrons. The van der Waals surface area contributed by atoms with Gasteiger partial charge in [-0.05, 0) is 43.0 Å². The van der Waals surface area contributed by atoms with Crippen LogP contribution in [0.4, 0.5) is 5.69 Å². The van der Waals surface area contributed by atoms with Gasteiger partial charge in [-0.25, -0.2) is 0 Å². The molecule has 1 N–H and O–H groups in total. The summed E-state index contributed by atoms with van der Waals surface area (Å²) < 4.78 is 5.39. The number of nitrogens with one attached hydrogen (secondary N) is 1. The lowest BCUT2D eigenvalue weighted by molar-refractivity contribution is 0.366. The lowest BCUT2D eigenvalue weighted by Gasteiger charge is -2.20. The molecular weight excluding hydrogens is 226 g/mol. The molecule has 1 saturated carbocycles. The molecule has 18 heavy (non-hydrogen) atoms. The molecule has 0 amide bonds. The van der Waals surface area contributed by atoms with Crippen LogP contribution in [0.25, 0.3) is 11.5 Å². The Morgan fingerprint density at radius 3 is 3.06 bits per heavy atom. The quantitative estimate of drug-likeness (QED) is 0.878. The summed E-state index contributed by atoms with van der Waals surface area (Å²) in [5, 5.41) is 7.46. The minimum Gasteiger partial charge on any atom is -0.384 e. The normalized spacial score (nSPS) is 18.2. The average Bonchev–Trinajstić information content (AvgIpc) is 2.93. The van der Waals surface area contributed by atoms with Crippen LogP contribution in [-0.4, -0.2) is 16.7 Å². The van der Waals surface area contributed by atoms with Gasteiger partial charge < -0.3 is 9.84 Å². The maximum absolute atomic E-state index is 5.39. The second-order valence-corrected chi connectivity index (χ2v) is 5.13. The number of fused-ring (bicyclic) bond motifs is 1. The van der Waals surface area contributed by atoms with Crippen LogP contribution in [0.3, 0.4) is 0 Å². The third kappa shape index (κ3) is 1.52. The van der Waals surface area contributed by atoms with Crippen molar-refractivity contribution in [3.63, 3.8) is 0 Å². The molecule has 1 aromatic heterocycles. The molecule has 0 spiro atoms. The Morgan fingerprint density at radius 1 is 1.28 bits per heavy atom. The van der Waals surface area contributed by atoms with E-state index in [-0.39, 0.29) is 0 Å². The Balaban J connectivity index is 1.67. The molecule has 0 bridgehead atoms. The number of anilines is 1. The molecule has 0 unspecified atom stereocenters. The molecular formula is C14H15N3O. The summed E-state index contributed by atoms with van der Waals surface area (Å²) in [5.74, 6) is 2.07. The molecule has 4 rings (SSSR count). The zero-order valence-corrected chi connectivity index (χ0v) is 10.1. The molecule has 1 aromatic carbocycles. The van der Waals surface area contributed by atoms with E-state index in [4.69, 9.17) is 4.52 Å². The molecule has 0 saturated heterocycles. The second-order valence-electron chi connectivity index (χ2n) is 5.13. The summed E-state index contributed by atoms with van der Waals surface area (Å²) in [5.41, 5.74) is 3.61. The van der Waals surface area contributed by atoms with Crippen molar-refractivity contribution in [3.8, 4) is 11.5 Å². The first-order valence-corrected chi connectivity index (χ1v) is 6.61. The van der Waals surface area contributed by atoms with Gasteiger partial charge in [-0.15, -0.1) is 0 Å². The van der Waals surface area contributed by atoms with Gasteiger partial charge in [-0.1, -0.05) is 11.6 Å². The Morgan fingerprint density at radius 2 is 2.22 bits per heavy atom. The van der Waals surface area contributed by atoms with Gasteiger partial charge in [-0.3, -0.25) is 0 Å². The molecule has 4 heteroatoms. The van der Waals surface area contributed by atoms with E-state index >= 15 is 0 Å². The number of nitrogens with zero attached hydrogens (tertiary/aromatic N) is 2. The van der Waals surface area contributed by atoms with Crippen LogP contribution >= 0.6 is 0 Å². The lowest BCUT2D eigenvalue weighted by Crippen LogP contribution is -2.10. The fraction of sp³-hybridized carbons (Fsp3) is 0.429. The highest BCUT2D eigenvalue weighted by molar-refractivity contribution is 5.64. The second kappa shape index (κ2) is 3.83. The fourth-order valence-corrected chi connectivity index (χ4v) is 2.62. The molecule has 1 aliphatic carbocycles. The zero-order valence-electron chi connectivity index (χ0n) is 10.1. The minimum absolute atomic E-state index is 0.526. The molecule has 0 atom stereocenters. The van der Waals surface area contributed by atoms with Crippen molar-refractivity contribution >= 4 is 5.69 Å².